The summed E-state index contributed by atoms with van der Waals surface area (Å²) in [6.45, 7) is 0.757. The molecule has 0 bridgehead atoms. The number of thiazole rings is 1. The molecule has 0 spiro atoms. The number of nitrogens with two attached hydrogens (primary N) is 1. The van der Waals surface area contributed by atoms with E-state index in [-0.39, 0.29) is 5.91 Å². The first-order valence-corrected chi connectivity index (χ1v) is 6.87. The quantitative estimate of drug-likeness (QED) is 0.727. The SMILES string of the molecule is CNC(=O)c1ccc(NCCc2cscn2)c(N)c1. The molecule has 100 valence electrons. The predicted octanol–water partition coefficient (Wildman–Crippen LogP) is 1.74. The van der Waals surface area contributed by atoms with Gasteiger partial charge in [-0.25, -0.2) is 4.98 Å². The third-order valence-corrected chi connectivity index (χ3v) is 3.36. The lowest BCUT2D eigenvalue weighted by Gasteiger charge is -2.10. The van der Waals surface area contributed by atoms with Crippen LogP contribution in [-0.2, 0) is 6.42 Å². The third kappa shape index (κ3) is 3.45. The minimum Gasteiger partial charge on any atom is -0.397 e. The van der Waals surface area contributed by atoms with E-state index in [0.717, 1.165) is 24.3 Å². The molecule has 0 aliphatic rings. The molecule has 2 aromatic rings. The van der Waals surface area contributed by atoms with Crippen LogP contribution in [-0.4, -0.2) is 24.5 Å². The number of rotatable bonds is 5. The molecule has 0 saturated heterocycles. The van der Waals surface area contributed by atoms with Crippen LogP contribution in [0.5, 0.6) is 0 Å². The Labute approximate surface area is 115 Å². The molecule has 1 amide bonds. The Hall–Kier alpha value is -2.08. The summed E-state index contributed by atoms with van der Waals surface area (Å²) in [5.74, 6) is -0.138. The molecule has 1 heterocycles. The van der Waals surface area contributed by atoms with E-state index >= 15 is 0 Å². The van der Waals surface area contributed by atoms with Crippen LogP contribution in [0.1, 0.15) is 16.1 Å². The molecule has 0 aliphatic carbocycles. The monoisotopic (exact) mass is 276 g/mol. The van der Waals surface area contributed by atoms with E-state index in [1.165, 1.54) is 0 Å². The lowest BCUT2D eigenvalue weighted by Crippen LogP contribution is -2.18. The average molecular weight is 276 g/mol. The van der Waals surface area contributed by atoms with Crippen molar-refractivity contribution in [1.82, 2.24) is 10.3 Å². The van der Waals surface area contributed by atoms with Gasteiger partial charge in [-0.3, -0.25) is 4.79 Å². The van der Waals surface area contributed by atoms with Crippen LogP contribution in [0.3, 0.4) is 0 Å². The Kier molecular flexibility index (Phi) is 4.35. The molecule has 6 heteroatoms. The fourth-order valence-electron chi connectivity index (χ4n) is 1.70. The molecule has 0 aliphatic heterocycles. The molecule has 1 aromatic carbocycles. The fourth-order valence-corrected chi connectivity index (χ4v) is 2.29. The Balaban J connectivity index is 1.95. The van der Waals surface area contributed by atoms with E-state index in [1.54, 1.807) is 30.5 Å². The van der Waals surface area contributed by atoms with Gasteiger partial charge in [0.2, 0.25) is 0 Å². The summed E-state index contributed by atoms with van der Waals surface area (Å²) in [5, 5.41) is 7.84. The lowest BCUT2D eigenvalue weighted by atomic mass is 10.1. The number of amides is 1. The minimum absolute atomic E-state index is 0.138. The zero-order valence-corrected chi connectivity index (χ0v) is 11.5. The fraction of sp³-hybridized carbons (Fsp3) is 0.231. The van der Waals surface area contributed by atoms with Gasteiger partial charge < -0.3 is 16.4 Å². The van der Waals surface area contributed by atoms with Gasteiger partial charge in [0.1, 0.15) is 0 Å². The maximum atomic E-state index is 11.5. The van der Waals surface area contributed by atoms with Gasteiger partial charge in [0.15, 0.2) is 0 Å². The van der Waals surface area contributed by atoms with E-state index in [2.05, 4.69) is 15.6 Å². The summed E-state index contributed by atoms with van der Waals surface area (Å²) in [6, 6.07) is 5.24. The number of carbonyl (C=O) groups is 1. The van der Waals surface area contributed by atoms with Gasteiger partial charge in [-0.05, 0) is 18.2 Å². The molecule has 0 atom stereocenters. The molecule has 0 unspecified atom stereocenters. The van der Waals surface area contributed by atoms with Gasteiger partial charge in [0, 0.05) is 31.0 Å². The van der Waals surface area contributed by atoms with Crippen molar-refractivity contribution in [2.75, 3.05) is 24.6 Å². The number of hydrogen-bond donors (Lipinski definition) is 3. The number of hydrogen-bond acceptors (Lipinski definition) is 5. The smallest absolute Gasteiger partial charge is 0.251 e. The number of nitrogens with one attached hydrogen (secondary N) is 2. The van der Waals surface area contributed by atoms with Crippen molar-refractivity contribution in [3.05, 3.63) is 40.3 Å². The minimum atomic E-state index is -0.138. The van der Waals surface area contributed by atoms with Crippen molar-refractivity contribution < 1.29 is 4.79 Å². The van der Waals surface area contributed by atoms with Gasteiger partial charge in [-0.15, -0.1) is 11.3 Å². The molecule has 19 heavy (non-hydrogen) atoms. The number of benzene rings is 1. The summed E-state index contributed by atoms with van der Waals surface area (Å²) in [4.78, 5) is 15.7. The Morgan fingerprint density at radius 1 is 1.47 bits per heavy atom. The van der Waals surface area contributed by atoms with Crippen molar-refractivity contribution in [1.29, 1.82) is 0 Å². The summed E-state index contributed by atoms with van der Waals surface area (Å²) < 4.78 is 0. The first-order valence-electron chi connectivity index (χ1n) is 5.93. The topological polar surface area (TPSA) is 80.0 Å². The average Bonchev–Trinajstić information content (AvgIpc) is 2.93. The number of carbonyl (C=O) groups excluding carboxylic acids is 1. The number of nitrogen functional groups attached to an aromatic ring is 1. The highest BCUT2D eigenvalue weighted by molar-refractivity contribution is 7.07. The van der Waals surface area contributed by atoms with E-state index in [1.807, 2.05) is 17.0 Å². The zero-order valence-electron chi connectivity index (χ0n) is 10.6. The first-order chi connectivity index (χ1) is 9.20. The molecule has 0 fully saturated rings. The Morgan fingerprint density at radius 2 is 2.32 bits per heavy atom. The molecule has 1 aromatic heterocycles. The summed E-state index contributed by atoms with van der Waals surface area (Å²) >= 11 is 1.59. The predicted molar refractivity (Wildman–Crippen MR) is 78.6 cm³/mol. The largest absolute Gasteiger partial charge is 0.397 e. The number of nitrogens with zero attached hydrogens (tertiary/aromatic N) is 1. The molecule has 5 nitrogen and oxygen atoms in total. The highest BCUT2D eigenvalue weighted by Gasteiger charge is 2.06. The summed E-state index contributed by atoms with van der Waals surface area (Å²) in [7, 11) is 1.60. The van der Waals surface area contributed by atoms with Gasteiger partial charge in [0.05, 0.1) is 22.6 Å². The van der Waals surface area contributed by atoms with Crippen LogP contribution in [0.15, 0.2) is 29.1 Å². The Morgan fingerprint density at radius 3 is 2.95 bits per heavy atom. The lowest BCUT2D eigenvalue weighted by molar-refractivity contribution is 0.0963. The second kappa shape index (κ2) is 6.19. The highest BCUT2D eigenvalue weighted by atomic mass is 32.1. The molecule has 0 radical (unpaired) electrons. The van der Waals surface area contributed by atoms with Crippen molar-refractivity contribution in [2.24, 2.45) is 0 Å². The number of anilines is 2. The van der Waals surface area contributed by atoms with Crippen LogP contribution >= 0.6 is 11.3 Å². The van der Waals surface area contributed by atoms with Gasteiger partial charge in [0.25, 0.3) is 5.91 Å². The maximum absolute atomic E-state index is 11.5. The van der Waals surface area contributed by atoms with Crippen molar-refractivity contribution in [2.45, 2.75) is 6.42 Å². The molecule has 0 saturated carbocycles. The van der Waals surface area contributed by atoms with E-state index in [0.29, 0.717) is 11.3 Å². The number of aromatic nitrogens is 1. The van der Waals surface area contributed by atoms with Crippen molar-refractivity contribution in [3.63, 3.8) is 0 Å². The van der Waals surface area contributed by atoms with Crippen LogP contribution in [0, 0.1) is 0 Å². The van der Waals surface area contributed by atoms with Crippen LogP contribution in [0.2, 0.25) is 0 Å². The first kappa shape index (κ1) is 13.4. The van der Waals surface area contributed by atoms with Crippen molar-refractivity contribution >= 4 is 28.6 Å². The Bertz CT molecular complexity index is 554. The zero-order chi connectivity index (χ0) is 13.7. The third-order valence-electron chi connectivity index (χ3n) is 2.72. The van der Waals surface area contributed by atoms with Crippen LogP contribution in [0.4, 0.5) is 11.4 Å². The van der Waals surface area contributed by atoms with Gasteiger partial charge in [-0.2, -0.15) is 0 Å². The van der Waals surface area contributed by atoms with E-state index < -0.39 is 0 Å². The molecular weight excluding hydrogens is 260 g/mol. The van der Waals surface area contributed by atoms with E-state index in [9.17, 15) is 4.79 Å². The van der Waals surface area contributed by atoms with Gasteiger partial charge in [-0.1, -0.05) is 0 Å². The van der Waals surface area contributed by atoms with Crippen LogP contribution in [0.25, 0.3) is 0 Å². The normalized spacial score (nSPS) is 10.2. The summed E-state index contributed by atoms with van der Waals surface area (Å²) in [5.41, 5.74) is 10.8. The molecule has 4 N–H and O–H groups in total. The second-order valence-electron chi connectivity index (χ2n) is 4.04. The van der Waals surface area contributed by atoms with Crippen molar-refractivity contribution in [3.8, 4) is 0 Å². The van der Waals surface area contributed by atoms with Crippen LogP contribution < -0.4 is 16.4 Å². The summed E-state index contributed by atoms with van der Waals surface area (Å²) in [6.07, 6.45) is 0.847. The van der Waals surface area contributed by atoms with Gasteiger partial charge >= 0.3 is 0 Å². The molecule has 2 rings (SSSR count). The standard InChI is InChI=1S/C13H16N4OS/c1-15-13(18)9-2-3-12(11(14)6-9)16-5-4-10-7-19-8-17-10/h2-3,6-8,16H,4-5,14H2,1H3,(H,15,18). The van der Waals surface area contributed by atoms with E-state index in [4.69, 9.17) is 5.73 Å². The second-order valence-corrected chi connectivity index (χ2v) is 4.76. The maximum Gasteiger partial charge on any atom is 0.251 e. The highest BCUT2D eigenvalue weighted by Crippen LogP contribution is 2.19. The molecular formula is C13H16N4OS.